The Balaban J connectivity index is 2.83. The topological polar surface area (TPSA) is 23.9 Å². The van der Waals surface area contributed by atoms with Crippen LogP contribution in [0.1, 0.15) is 19.8 Å². The molecule has 0 aromatic rings. The van der Waals surface area contributed by atoms with E-state index >= 15 is 0 Å². The fourth-order valence-corrected chi connectivity index (χ4v) is 0.500. The third kappa shape index (κ3) is 4.10. The van der Waals surface area contributed by atoms with Gasteiger partial charge in [-0.15, -0.1) is 0 Å². The van der Waals surface area contributed by atoms with Crippen LogP contribution in [0.4, 0.5) is 0 Å². The molecule has 35 valence electrons. The van der Waals surface area contributed by atoms with Gasteiger partial charge >= 0.3 is 0 Å². The average Bonchev–Trinajstić information content (AvgIpc) is 1.35. The second-order valence-electron chi connectivity index (χ2n) is 1.23. The molecular formula is C4H9NP. The van der Waals surface area contributed by atoms with Gasteiger partial charge in [0, 0.05) is 5.45 Å². The van der Waals surface area contributed by atoms with Gasteiger partial charge in [0.15, 0.2) is 0 Å². The minimum atomic E-state index is 0.595. The molecule has 6 heavy (non-hydrogen) atoms. The normalized spacial score (nSPS) is 8.33. The van der Waals surface area contributed by atoms with E-state index in [2.05, 4.69) is 16.2 Å². The molecule has 1 radical (unpaired) electrons. The van der Waals surface area contributed by atoms with Crippen molar-refractivity contribution in [2.75, 3.05) is 0 Å². The highest BCUT2D eigenvalue weighted by Crippen LogP contribution is 1.94. The molecule has 1 nitrogen and oxygen atoms in total. The van der Waals surface area contributed by atoms with Gasteiger partial charge in [-0.3, -0.25) is 0 Å². The van der Waals surface area contributed by atoms with Crippen LogP contribution in [0, 0.1) is 5.41 Å². The fourth-order valence-electron chi connectivity index (χ4n) is 0.250. The molecule has 0 spiro atoms. The zero-order valence-electron chi connectivity index (χ0n) is 3.91. The lowest BCUT2D eigenvalue weighted by Crippen LogP contribution is -1.77. The maximum absolute atomic E-state index is 6.81. The number of nitrogens with one attached hydrogen (secondary N) is 1. The van der Waals surface area contributed by atoms with E-state index in [1.807, 2.05) is 0 Å². The lowest BCUT2D eigenvalue weighted by Gasteiger charge is -1.84. The predicted molar refractivity (Wildman–Crippen MR) is 30.9 cm³/mol. The van der Waals surface area contributed by atoms with Crippen molar-refractivity contribution in [3.8, 4) is 0 Å². The van der Waals surface area contributed by atoms with Gasteiger partial charge in [-0.1, -0.05) is 13.3 Å². The molecule has 0 aliphatic rings. The minimum absolute atomic E-state index is 0.595. The van der Waals surface area contributed by atoms with Crippen molar-refractivity contribution in [1.82, 2.24) is 0 Å². The lowest BCUT2D eigenvalue weighted by atomic mass is 10.4. The minimum Gasteiger partial charge on any atom is -0.305 e. The summed E-state index contributed by atoms with van der Waals surface area (Å²) in [6.07, 6.45) is 1.93. The highest BCUT2D eigenvalue weighted by Gasteiger charge is 1.79. The molecule has 0 atom stereocenters. The van der Waals surface area contributed by atoms with Crippen molar-refractivity contribution in [3.63, 3.8) is 0 Å². The molecule has 0 bridgehead atoms. The molecule has 0 saturated carbocycles. The van der Waals surface area contributed by atoms with Crippen LogP contribution in [0.2, 0.25) is 0 Å². The fraction of sp³-hybridized carbons (Fsp3) is 0.750. The van der Waals surface area contributed by atoms with E-state index in [0.29, 0.717) is 5.45 Å². The third-order valence-corrected chi connectivity index (χ3v) is 0.750. The van der Waals surface area contributed by atoms with Gasteiger partial charge in [-0.25, -0.2) is 0 Å². The molecule has 0 aromatic carbocycles. The Morgan fingerprint density at radius 3 is 2.33 bits per heavy atom. The molecule has 0 aliphatic heterocycles. The first kappa shape index (κ1) is 6.10. The van der Waals surface area contributed by atoms with Crippen LogP contribution in [-0.2, 0) is 0 Å². The maximum atomic E-state index is 6.81. The number of rotatable bonds is 2. The SMILES string of the molecule is CCCC(=N)[PH]. The Kier molecular flexibility index (Phi) is 3.35. The van der Waals surface area contributed by atoms with Crippen molar-refractivity contribution in [2.24, 2.45) is 0 Å². The van der Waals surface area contributed by atoms with E-state index in [1.54, 1.807) is 0 Å². The van der Waals surface area contributed by atoms with Crippen LogP contribution < -0.4 is 0 Å². The first-order chi connectivity index (χ1) is 2.77. The van der Waals surface area contributed by atoms with Crippen molar-refractivity contribution in [1.29, 1.82) is 5.41 Å². The van der Waals surface area contributed by atoms with E-state index in [-0.39, 0.29) is 0 Å². The molecule has 0 aliphatic carbocycles. The smallest absolute Gasteiger partial charge is 0.0332 e. The van der Waals surface area contributed by atoms with Gasteiger partial charge in [0.25, 0.3) is 0 Å². The molecule has 0 heterocycles. The highest BCUT2D eigenvalue weighted by atomic mass is 31.0. The zero-order chi connectivity index (χ0) is 4.99. The maximum Gasteiger partial charge on any atom is 0.0332 e. The van der Waals surface area contributed by atoms with Crippen LogP contribution in [0.15, 0.2) is 0 Å². The van der Waals surface area contributed by atoms with E-state index in [1.165, 1.54) is 0 Å². The van der Waals surface area contributed by atoms with Crippen LogP contribution in [0.3, 0.4) is 0 Å². The second kappa shape index (κ2) is 3.30. The molecule has 0 unspecified atom stereocenters. The lowest BCUT2D eigenvalue weighted by molar-refractivity contribution is 0.999. The molecular weight excluding hydrogens is 93.0 g/mol. The summed E-state index contributed by atoms with van der Waals surface area (Å²) in [6, 6.07) is 0. The standard InChI is InChI=1S/C4H9NP/c1-2-3-4(5)6/h5-6H,2-3H2,1H3. The van der Waals surface area contributed by atoms with Crippen LogP contribution >= 0.6 is 9.24 Å². The summed E-state index contributed by atoms with van der Waals surface area (Å²) in [5.74, 6) is 0. The predicted octanol–water partition coefficient (Wildman–Crippen LogP) is 1.91. The van der Waals surface area contributed by atoms with Crippen LogP contribution in [-0.4, -0.2) is 5.45 Å². The summed E-state index contributed by atoms with van der Waals surface area (Å²) in [5.41, 5.74) is 0.595. The Morgan fingerprint density at radius 1 is 1.83 bits per heavy atom. The van der Waals surface area contributed by atoms with Crippen molar-refractivity contribution in [2.45, 2.75) is 19.8 Å². The average molecular weight is 102 g/mol. The van der Waals surface area contributed by atoms with Gasteiger partial charge in [0.2, 0.25) is 0 Å². The summed E-state index contributed by atoms with van der Waals surface area (Å²) in [7, 11) is 3.06. The Morgan fingerprint density at radius 2 is 2.33 bits per heavy atom. The van der Waals surface area contributed by atoms with Crippen molar-refractivity contribution < 1.29 is 0 Å². The summed E-state index contributed by atoms with van der Waals surface area (Å²) < 4.78 is 0. The summed E-state index contributed by atoms with van der Waals surface area (Å²) in [6.45, 7) is 2.05. The van der Waals surface area contributed by atoms with Gasteiger partial charge in [0.1, 0.15) is 0 Å². The molecule has 0 amide bonds. The van der Waals surface area contributed by atoms with Crippen molar-refractivity contribution in [3.05, 3.63) is 0 Å². The monoisotopic (exact) mass is 102 g/mol. The Labute approximate surface area is 40.8 Å². The third-order valence-electron chi connectivity index (χ3n) is 0.500. The molecule has 0 aromatic heterocycles. The highest BCUT2D eigenvalue weighted by molar-refractivity contribution is 7.40. The summed E-state index contributed by atoms with van der Waals surface area (Å²) in [5, 5.41) is 6.81. The van der Waals surface area contributed by atoms with Crippen molar-refractivity contribution >= 4 is 14.7 Å². The first-order valence-corrected chi connectivity index (χ1v) is 2.56. The molecule has 0 fully saturated rings. The molecule has 0 rings (SSSR count). The Bertz CT molecular complexity index is 51.5. The largest absolute Gasteiger partial charge is 0.305 e. The molecule has 0 saturated heterocycles. The first-order valence-electron chi connectivity index (χ1n) is 2.06. The van der Waals surface area contributed by atoms with E-state index < -0.39 is 0 Å². The second-order valence-corrected chi connectivity index (χ2v) is 1.83. The molecule has 1 N–H and O–H groups in total. The summed E-state index contributed by atoms with van der Waals surface area (Å²) >= 11 is 0. The number of hydrogen-bond donors (Lipinski definition) is 1. The van der Waals surface area contributed by atoms with E-state index in [0.717, 1.165) is 12.8 Å². The van der Waals surface area contributed by atoms with Crippen LogP contribution in [0.25, 0.3) is 0 Å². The quantitative estimate of drug-likeness (QED) is 0.406. The Hall–Kier alpha value is 0.100. The zero-order valence-corrected chi connectivity index (χ0v) is 4.91. The van der Waals surface area contributed by atoms with Gasteiger partial charge in [-0.2, -0.15) is 0 Å². The van der Waals surface area contributed by atoms with E-state index in [9.17, 15) is 0 Å². The number of hydrogen-bond acceptors (Lipinski definition) is 1. The van der Waals surface area contributed by atoms with Gasteiger partial charge in [0.05, 0.1) is 0 Å². The summed E-state index contributed by atoms with van der Waals surface area (Å²) in [4.78, 5) is 0. The van der Waals surface area contributed by atoms with E-state index in [4.69, 9.17) is 5.41 Å². The molecule has 2 heteroatoms. The van der Waals surface area contributed by atoms with Gasteiger partial charge < -0.3 is 5.41 Å². The van der Waals surface area contributed by atoms with Gasteiger partial charge in [-0.05, 0) is 15.7 Å². The van der Waals surface area contributed by atoms with Crippen LogP contribution in [0.5, 0.6) is 0 Å².